The number of aliphatic hydroxyl groups is 1. The highest BCUT2D eigenvalue weighted by Crippen LogP contribution is 2.40. The summed E-state index contributed by atoms with van der Waals surface area (Å²) in [6.07, 6.45) is 2.25. The predicted octanol–water partition coefficient (Wildman–Crippen LogP) is 6.31. The van der Waals surface area contributed by atoms with Crippen molar-refractivity contribution in [1.82, 2.24) is 4.90 Å². The Labute approximate surface area is 191 Å². The number of hydrogen-bond donors (Lipinski definition) is 1. The number of nitrogens with zero attached hydrogens (tertiary/aromatic N) is 1. The monoisotopic (exact) mass is 445 g/mol. The normalized spacial score (nSPS) is 21.0. The molecule has 0 bridgehead atoms. The van der Waals surface area contributed by atoms with E-state index in [9.17, 15) is 9.90 Å². The summed E-state index contributed by atoms with van der Waals surface area (Å²) >= 11 is 0. The van der Waals surface area contributed by atoms with Crippen molar-refractivity contribution >= 4 is 14.2 Å². The summed E-state index contributed by atoms with van der Waals surface area (Å²) in [6.45, 7) is 24.6. The van der Waals surface area contributed by atoms with Gasteiger partial charge in [-0.05, 0) is 78.0 Å². The van der Waals surface area contributed by atoms with Crippen molar-refractivity contribution in [2.24, 2.45) is 11.8 Å². The highest BCUT2D eigenvalue weighted by molar-refractivity contribution is 6.83. The first-order valence-electron chi connectivity index (χ1n) is 11.4. The predicted molar refractivity (Wildman–Crippen MR) is 133 cm³/mol. The van der Waals surface area contributed by atoms with Crippen molar-refractivity contribution in [2.75, 3.05) is 0 Å². The van der Waals surface area contributed by atoms with Crippen LogP contribution in [0.25, 0.3) is 0 Å². The summed E-state index contributed by atoms with van der Waals surface area (Å²) in [4.78, 5) is 14.7. The van der Waals surface area contributed by atoms with Crippen molar-refractivity contribution in [3.8, 4) is 11.5 Å². The van der Waals surface area contributed by atoms with Crippen LogP contribution in [-0.4, -0.2) is 42.4 Å². The number of hydrogen-bond acceptors (Lipinski definition) is 3. The molecule has 3 atom stereocenters. The second kappa shape index (κ2) is 11.2. The van der Waals surface area contributed by atoms with Gasteiger partial charge in [-0.1, -0.05) is 37.7 Å². The van der Waals surface area contributed by atoms with Crippen LogP contribution in [-0.2, 0) is 4.74 Å². The third kappa shape index (κ3) is 8.35. The summed E-state index contributed by atoms with van der Waals surface area (Å²) in [5, 5.41) is 11.0. The summed E-state index contributed by atoms with van der Waals surface area (Å²) in [5.74, 6) is 3.91. The van der Waals surface area contributed by atoms with E-state index in [1.54, 1.807) is 4.90 Å². The summed E-state index contributed by atoms with van der Waals surface area (Å²) < 4.78 is 5.92. The summed E-state index contributed by atoms with van der Waals surface area (Å²) in [5.41, 5.74) is 6.21. The van der Waals surface area contributed by atoms with Crippen LogP contribution in [0, 0.1) is 23.3 Å². The van der Waals surface area contributed by atoms with Gasteiger partial charge in [0.1, 0.15) is 13.8 Å². The molecule has 0 aromatic heterocycles. The average molecular weight is 446 g/mol. The van der Waals surface area contributed by atoms with Gasteiger partial charge in [0.25, 0.3) is 0 Å². The van der Waals surface area contributed by atoms with Crippen LogP contribution >= 0.6 is 0 Å². The molecule has 0 aromatic rings. The smallest absolute Gasteiger partial charge is 0.415 e. The summed E-state index contributed by atoms with van der Waals surface area (Å²) in [7, 11) is -1.48. The fourth-order valence-electron chi connectivity index (χ4n) is 3.93. The first-order chi connectivity index (χ1) is 14.1. The van der Waals surface area contributed by atoms with Crippen LogP contribution in [0.3, 0.4) is 0 Å². The number of aliphatic hydroxyl groups excluding tert-OH is 1. The van der Waals surface area contributed by atoms with Crippen LogP contribution in [0.15, 0.2) is 35.1 Å². The third-order valence-electron chi connectivity index (χ3n) is 5.66. The summed E-state index contributed by atoms with van der Waals surface area (Å²) in [6, 6.07) is 0.0942. The van der Waals surface area contributed by atoms with E-state index in [0.717, 1.165) is 23.1 Å². The maximum absolute atomic E-state index is 12.9. The van der Waals surface area contributed by atoms with Gasteiger partial charge in [-0.25, -0.2) is 4.79 Å². The molecular weight excluding hydrogens is 402 g/mol. The van der Waals surface area contributed by atoms with Crippen molar-refractivity contribution in [1.29, 1.82) is 0 Å². The van der Waals surface area contributed by atoms with Gasteiger partial charge in [0.15, 0.2) is 0 Å². The van der Waals surface area contributed by atoms with E-state index < -0.39 is 14.2 Å². The van der Waals surface area contributed by atoms with Crippen LogP contribution in [0.5, 0.6) is 0 Å². The zero-order valence-corrected chi connectivity index (χ0v) is 22.3. The lowest BCUT2D eigenvalue weighted by Gasteiger charge is -2.36. The standard InChI is InChI=1S/C26H43NO3Si/c1-17(2)22-15-23(24(28)14-20(7)12-13-31(9,10)11)21(8)25(16-22)30-26(29)27(18(3)4)19(5)6/h14,18-19,22-24,28H,1,15-16H2,2-11H3/b20-14+/t22-,23+,24+/m1/s1. The Kier molecular flexibility index (Phi) is 9.85. The molecule has 1 aliphatic rings. The van der Waals surface area contributed by atoms with Gasteiger partial charge in [-0.3, -0.25) is 0 Å². The van der Waals surface area contributed by atoms with Crippen LogP contribution in [0.2, 0.25) is 19.6 Å². The van der Waals surface area contributed by atoms with Gasteiger partial charge in [-0.2, -0.15) is 0 Å². The molecule has 174 valence electrons. The van der Waals surface area contributed by atoms with Gasteiger partial charge >= 0.3 is 6.09 Å². The molecule has 0 fully saturated rings. The molecule has 1 rings (SSSR count). The van der Waals surface area contributed by atoms with E-state index in [1.807, 2.05) is 54.5 Å². The highest BCUT2D eigenvalue weighted by atomic mass is 28.3. The van der Waals surface area contributed by atoms with Crippen molar-refractivity contribution in [3.63, 3.8) is 0 Å². The van der Waals surface area contributed by atoms with E-state index in [0.29, 0.717) is 12.2 Å². The third-order valence-corrected chi connectivity index (χ3v) is 6.54. The number of amides is 1. The van der Waals surface area contributed by atoms with E-state index in [4.69, 9.17) is 4.74 Å². The Morgan fingerprint density at radius 3 is 2.23 bits per heavy atom. The van der Waals surface area contributed by atoms with Crippen molar-refractivity contribution < 1.29 is 14.6 Å². The zero-order chi connectivity index (χ0) is 24.1. The second-order valence-corrected chi connectivity index (χ2v) is 15.2. The number of allylic oxidation sites excluding steroid dienone is 3. The minimum atomic E-state index is -1.48. The topological polar surface area (TPSA) is 49.8 Å². The molecule has 4 nitrogen and oxygen atoms in total. The molecular formula is C26H43NO3Si. The Balaban J connectivity index is 3.23. The second-order valence-electron chi connectivity index (χ2n) is 10.5. The number of carbonyl (C=O) groups excluding carboxylic acids is 1. The molecule has 31 heavy (non-hydrogen) atoms. The zero-order valence-electron chi connectivity index (χ0n) is 21.3. The lowest BCUT2D eigenvalue weighted by atomic mass is 9.75. The van der Waals surface area contributed by atoms with E-state index in [1.165, 1.54) is 0 Å². The molecule has 0 heterocycles. The van der Waals surface area contributed by atoms with Crippen LogP contribution < -0.4 is 0 Å². The molecule has 0 saturated carbocycles. The van der Waals surface area contributed by atoms with Gasteiger partial charge < -0.3 is 14.7 Å². The van der Waals surface area contributed by atoms with Gasteiger partial charge in [-0.15, -0.1) is 5.54 Å². The number of rotatable bonds is 6. The molecule has 1 N–H and O–H groups in total. The fraction of sp³-hybridized carbons (Fsp3) is 0.654. The molecule has 5 heteroatoms. The fourth-order valence-corrected chi connectivity index (χ4v) is 4.50. The van der Waals surface area contributed by atoms with Crippen molar-refractivity contribution in [3.05, 3.63) is 35.1 Å². The van der Waals surface area contributed by atoms with E-state index >= 15 is 0 Å². The Hall–Kier alpha value is -1.77. The van der Waals surface area contributed by atoms with Gasteiger partial charge in [0.2, 0.25) is 0 Å². The lowest BCUT2D eigenvalue weighted by Crippen LogP contribution is -2.42. The van der Waals surface area contributed by atoms with Crippen molar-refractivity contribution in [2.45, 2.75) is 99.1 Å². The molecule has 0 saturated heterocycles. The van der Waals surface area contributed by atoms with E-state index in [-0.39, 0.29) is 30.0 Å². The van der Waals surface area contributed by atoms with Gasteiger partial charge in [0, 0.05) is 24.4 Å². The van der Waals surface area contributed by atoms with E-state index in [2.05, 4.69) is 37.7 Å². The number of ether oxygens (including phenoxy) is 1. The Morgan fingerprint density at radius 2 is 1.77 bits per heavy atom. The molecule has 1 amide bonds. The van der Waals surface area contributed by atoms with Crippen LogP contribution in [0.4, 0.5) is 4.79 Å². The molecule has 1 aliphatic carbocycles. The Morgan fingerprint density at radius 1 is 1.23 bits per heavy atom. The maximum atomic E-state index is 12.9. The van der Waals surface area contributed by atoms with Crippen LogP contribution in [0.1, 0.15) is 61.3 Å². The SMILES string of the molecule is C=C(C)[C@H]1CC(OC(=O)N(C(C)C)C(C)C)=C(C)[C@@H]([C@@H](O)/C=C(\C)C#C[Si](C)(C)C)C1. The first kappa shape index (κ1) is 27.3. The molecule has 0 unspecified atom stereocenters. The highest BCUT2D eigenvalue weighted by Gasteiger charge is 2.34. The molecule has 0 spiro atoms. The quantitative estimate of drug-likeness (QED) is 0.296. The largest absolute Gasteiger partial charge is 0.415 e. The maximum Gasteiger partial charge on any atom is 0.415 e. The minimum Gasteiger partial charge on any atom is -0.415 e. The Bertz CT molecular complexity index is 782. The minimum absolute atomic E-state index is 0.0471. The molecule has 0 radical (unpaired) electrons. The molecule has 0 aromatic carbocycles. The lowest BCUT2D eigenvalue weighted by molar-refractivity contribution is 0.0875. The first-order valence-corrected chi connectivity index (χ1v) is 14.9. The van der Waals surface area contributed by atoms with Gasteiger partial charge in [0.05, 0.1) is 6.10 Å². The average Bonchev–Trinajstić information content (AvgIpc) is 2.60. The molecule has 0 aliphatic heterocycles. The number of carbonyl (C=O) groups is 1.